The monoisotopic (exact) mass is 658 g/mol. The van der Waals surface area contributed by atoms with Crippen molar-refractivity contribution in [3.05, 3.63) is 59.2 Å². The first kappa shape index (κ1) is 33.1. The van der Waals surface area contributed by atoms with Crippen LogP contribution in [0.25, 0.3) is 0 Å². The van der Waals surface area contributed by atoms with E-state index >= 15 is 0 Å². The molecule has 6 nitrogen and oxygen atoms in total. The maximum absolute atomic E-state index is 14.9. The van der Waals surface area contributed by atoms with Crippen LogP contribution in [0.15, 0.2) is 41.3 Å². The Balaban J connectivity index is 1.80. The van der Waals surface area contributed by atoms with Gasteiger partial charge < -0.3 is 10.1 Å². The number of halogens is 8. The number of benzene rings is 1. The van der Waals surface area contributed by atoms with Gasteiger partial charge in [0.05, 0.1) is 17.2 Å². The van der Waals surface area contributed by atoms with Gasteiger partial charge in [0, 0.05) is 25.7 Å². The average molecular weight is 659 g/mol. The van der Waals surface area contributed by atoms with Gasteiger partial charge in [0.2, 0.25) is 0 Å². The summed E-state index contributed by atoms with van der Waals surface area (Å²) in [5.74, 6) is -1.65. The summed E-state index contributed by atoms with van der Waals surface area (Å²) in [5.41, 5.74) is -8.39. The van der Waals surface area contributed by atoms with E-state index in [2.05, 4.69) is 29.9 Å². The fraction of sp³-hybridized carbons (Fsp3) is 0.556. The van der Waals surface area contributed by atoms with Gasteiger partial charge in [-0.1, -0.05) is 25.7 Å². The summed E-state index contributed by atoms with van der Waals surface area (Å²) in [6, 6.07) is 4.61. The van der Waals surface area contributed by atoms with E-state index in [1.807, 2.05) is 0 Å². The second-order valence-corrected chi connectivity index (χ2v) is 19.9. The van der Waals surface area contributed by atoms with Crippen LogP contribution in [0.3, 0.4) is 0 Å². The van der Waals surface area contributed by atoms with Crippen molar-refractivity contribution < 1.29 is 53.1 Å². The van der Waals surface area contributed by atoms with Crippen LogP contribution >= 0.6 is 0 Å². The molecule has 1 amide bonds. The molecule has 0 bridgehead atoms. The summed E-state index contributed by atoms with van der Waals surface area (Å²) >= 11 is 0. The second kappa shape index (κ2) is 11.0. The summed E-state index contributed by atoms with van der Waals surface area (Å²) in [4.78, 5) is 15.7. The van der Waals surface area contributed by atoms with Crippen LogP contribution < -0.4 is 5.32 Å². The highest BCUT2D eigenvalue weighted by Gasteiger charge is 2.75. The predicted octanol–water partition coefficient (Wildman–Crippen LogP) is 6.97. The molecule has 1 aromatic carbocycles. The smallest absolute Gasteiger partial charge is 0.437 e. The molecule has 0 spiro atoms. The van der Waals surface area contributed by atoms with Crippen LogP contribution in [-0.4, -0.2) is 52.6 Å². The maximum Gasteiger partial charge on any atom is 0.437 e. The van der Waals surface area contributed by atoms with E-state index in [0.29, 0.717) is 6.04 Å². The zero-order valence-corrected chi connectivity index (χ0v) is 25.2. The number of carbonyl (C=O) groups is 1. The second-order valence-electron chi connectivity index (χ2n) is 12.1. The molecule has 4 rings (SSSR count). The lowest BCUT2D eigenvalue weighted by molar-refractivity contribution is -0.350. The van der Waals surface area contributed by atoms with Crippen molar-refractivity contribution in [3.8, 4) is 0 Å². The number of alkyl halides is 7. The van der Waals surface area contributed by atoms with Gasteiger partial charge in [-0.25, -0.2) is 22.0 Å². The molecule has 238 valence electrons. The number of amides is 1. The van der Waals surface area contributed by atoms with Crippen LogP contribution in [0.2, 0.25) is 25.7 Å². The van der Waals surface area contributed by atoms with Crippen molar-refractivity contribution >= 4 is 24.0 Å². The standard InChI is InChI=1S/C27H30F8N2O4SSi/c1-43(2,3)15-14-41-23(38)37-21-12-13-24(42(39,40)17-6-4-16(28)5-7-17)18(21)8-10-20-19(24)9-11-22(36-20)25(29,26(30,31)32)27(33,34)35/h4-7,9,11,18,21H,8,10,12-15H2,1-3H3,(H,37,38). The molecule has 0 aliphatic heterocycles. The van der Waals surface area contributed by atoms with Crippen LogP contribution in [-0.2, 0) is 31.4 Å². The number of ether oxygens (including phenoxy) is 1. The molecule has 1 fully saturated rings. The predicted molar refractivity (Wildman–Crippen MR) is 142 cm³/mol. The SMILES string of the molecule is C[Si](C)(C)CCOC(=O)NC1CCC2(S(=O)(=O)c3ccc(F)cc3)c3ccc(C(F)(C(F)(F)F)C(F)(F)F)nc3CCC12. The van der Waals surface area contributed by atoms with Gasteiger partial charge in [0.1, 0.15) is 10.6 Å². The third-order valence-corrected chi connectivity index (χ3v) is 12.4. The Bertz CT molecular complexity index is 1460. The lowest BCUT2D eigenvalue weighted by Gasteiger charge is -2.42. The summed E-state index contributed by atoms with van der Waals surface area (Å²) in [6.07, 6.45) is -14.2. The lowest BCUT2D eigenvalue weighted by Crippen LogP contribution is -2.52. The van der Waals surface area contributed by atoms with Gasteiger partial charge in [-0.3, -0.25) is 4.98 Å². The Morgan fingerprint density at radius 3 is 2.16 bits per heavy atom. The number of hydrogen-bond acceptors (Lipinski definition) is 5. The summed E-state index contributed by atoms with van der Waals surface area (Å²) in [7, 11) is -6.07. The molecule has 1 heterocycles. The van der Waals surface area contributed by atoms with Crippen molar-refractivity contribution in [2.45, 2.75) is 85.1 Å². The number of alkyl carbamates (subject to hydrolysis) is 1. The number of carbonyl (C=O) groups excluding carboxylic acids is 1. The number of nitrogens with zero attached hydrogens (tertiary/aromatic N) is 1. The normalized spacial score (nSPS) is 23.0. The molecular weight excluding hydrogens is 628 g/mol. The first-order valence-corrected chi connectivity index (χ1v) is 18.6. The molecule has 1 aromatic heterocycles. The molecule has 43 heavy (non-hydrogen) atoms. The van der Waals surface area contributed by atoms with Crippen molar-refractivity contribution in [3.63, 3.8) is 0 Å². The van der Waals surface area contributed by atoms with Crippen LogP contribution in [0.1, 0.15) is 36.2 Å². The lowest BCUT2D eigenvalue weighted by atomic mass is 9.76. The van der Waals surface area contributed by atoms with E-state index < -0.39 is 75.9 Å². The van der Waals surface area contributed by atoms with E-state index in [0.717, 1.165) is 30.3 Å². The number of rotatable bonds is 7. The quantitative estimate of drug-likeness (QED) is 0.197. The first-order chi connectivity index (χ1) is 19.6. The number of pyridine rings is 1. The number of nitrogens with one attached hydrogen (secondary N) is 1. The van der Waals surface area contributed by atoms with Crippen LogP contribution in [0.5, 0.6) is 0 Å². The van der Waals surface area contributed by atoms with Crippen molar-refractivity contribution in [1.82, 2.24) is 10.3 Å². The summed E-state index contributed by atoms with van der Waals surface area (Å²) in [6.45, 7) is 6.37. The molecule has 1 N–H and O–H groups in total. The maximum atomic E-state index is 14.9. The zero-order chi connectivity index (χ0) is 32.2. The molecular formula is C27H30F8N2O4SSi. The van der Waals surface area contributed by atoms with E-state index in [1.165, 1.54) is 0 Å². The van der Waals surface area contributed by atoms with Crippen LogP contribution in [0.4, 0.5) is 39.9 Å². The topological polar surface area (TPSA) is 85.4 Å². The van der Waals surface area contributed by atoms with Gasteiger partial charge in [0.15, 0.2) is 9.84 Å². The van der Waals surface area contributed by atoms with Crippen molar-refractivity contribution in [1.29, 1.82) is 0 Å². The Hall–Kier alpha value is -2.75. The number of hydrogen-bond donors (Lipinski definition) is 1. The molecule has 2 aliphatic carbocycles. The number of aromatic nitrogens is 1. The number of fused-ring (bicyclic) bond motifs is 3. The van der Waals surface area contributed by atoms with Crippen LogP contribution in [0, 0.1) is 11.7 Å². The van der Waals surface area contributed by atoms with E-state index in [-0.39, 0.29) is 48.8 Å². The number of aryl methyl sites for hydroxylation is 1. The summed E-state index contributed by atoms with van der Waals surface area (Å²) in [5, 5.41) is 2.68. The van der Waals surface area contributed by atoms with Gasteiger partial charge >= 0.3 is 24.1 Å². The fourth-order valence-corrected chi connectivity index (χ4v) is 9.15. The Morgan fingerprint density at radius 2 is 1.60 bits per heavy atom. The number of sulfone groups is 1. The zero-order valence-electron chi connectivity index (χ0n) is 23.4. The Kier molecular flexibility index (Phi) is 8.48. The molecule has 2 aliphatic rings. The van der Waals surface area contributed by atoms with Gasteiger partial charge in [0.25, 0.3) is 0 Å². The van der Waals surface area contributed by atoms with Gasteiger partial charge in [-0.2, -0.15) is 26.3 Å². The molecule has 0 saturated heterocycles. The highest BCUT2D eigenvalue weighted by molar-refractivity contribution is 7.92. The largest absolute Gasteiger partial charge is 0.450 e. The Labute approximate surface area is 244 Å². The highest BCUT2D eigenvalue weighted by Crippen LogP contribution is 2.58. The minimum atomic E-state index is -6.40. The van der Waals surface area contributed by atoms with Gasteiger partial charge in [-0.15, -0.1) is 0 Å². The average Bonchev–Trinajstić information content (AvgIpc) is 3.26. The molecule has 1 saturated carbocycles. The van der Waals surface area contributed by atoms with E-state index in [9.17, 15) is 48.3 Å². The third-order valence-electron chi connectivity index (χ3n) is 8.16. The third kappa shape index (κ3) is 5.76. The molecule has 2 aromatic rings. The van der Waals surface area contributed by atoms with E-state index in [1.54, 1.807) is 0 Å². The van der Waals surface area contributed by atoms with E-state index in [4.69, 9.17) is 4.74 Å². The Morgan fingerprint density at radius 1 is 1.00 bits per heavy atom. The minimum Gasteiger partial charge on any atom is -0.450 e. The van der Waals surface area contributed by atoms with Crippen molar-refractivity contribution in [2.24, 2.45) is 5.92 Å². The highest BCUT2D eigenvalue weighted by atomic mass is 32.2. The summed E-state index contributed by atoms with van der Waals surface area (Å²) < 4.78 is 141. The molecule has 3 unspecified atom stereocenters. The first-order valence-electron chi connectivity index (χ1n) is 13.4. The fourth-order valence-electron chi connectivity index (χ4n) is 5.98. The van der Waals surface area contributed by atoms with Crippen molar-refractivity contribution in [2.75, 3.05) is 6.61 Å². The molecule has 3 atom stereocenters. The van der Waals surface area contributed by atoms with Gasteiger partial charge in [-0.05, 0) is 67.6 Å². The molecule has 16 heteroatoms. The minimum absolute atomic E-state index is 0.0631. The molecule has 0 radical (unpaired) electrons.